The van der Waals surface area contributed by atoms with Crippen LogP contribution in [0.1, 0.15) is 12.0 Å². The quantitative estimate of drug-likeness (QED) is 0.498. The monoisotopic (exact) mass is 339 g/mol. The Morgan fingerprint density at radius 3 is 2.81 bits per heavy atom. The lowest BCUT2D eigenvalue weighted by Crippen LogP contribution is -2.26. The number of halogens is 3. The Hall–Kier alpha value is -0.720. The van der Waals surface area contributed by atoms with Crippen molar-refractivity contribution in [3.8, 4) is 0 Å². The smallest absolute Gasteiger partial charge is 0.224 e. The molecule has 0 fully saturated rings. The summed E-state index contributed by atoms with van der Waals surface area (Å²) in [7, 11) is 0. The molecule has 16 heavy (non-hydrogen) atoms. The maximum Gasteiger partial charge on any atom is 0.224 e. The normalized spacial score (nSPS) is 10.2. The third kappa shape index (κ3) is 4.03. The highest BCUT2D eigenvalue weighted by Crippen LogP contribution is 2.11. The van der Waals surface area contributed by atoms with Gasteiger partial charge in [-0.1, -0.05) is 34.7 Å². The molecule has 0 atom stereocenters. The van der Waals surface area contributed by atoms with Crippen molar-refractivity contribution in [3.63, 3.8) is 0 Å². The lowest BCUT2D eigenvalue weighted by molar-refractivity contribution is -0.120. The van der Waals surface area contributed by atoms with E-state index in [4.69, 9.17) is 0 Å². The van der Waals surface area contributed by atoms with Gasteiger partial charge in [-0.15, -0.1) is 0 Å². The molecule has 0 spiro atoms. The highest BCUT2D eigenvalue weighted by molar-refractivity contribution is 14.1. The molecule has 1 aromatic rings. The van der Waals surface area contributed by atoms with Gasteiger partial charge in [-0.05, 0) is 12.5 Å². The number of rotatable bonds is 5. The summed E-state index contributed by atoms with van der Waals surface area (Å²) in [5.41, 5.74) is 0.0898. The minimum Gasteiger partial charge on any atom is -0.356 e. The van der Waals surface area contributed by atoms with E-state index in [2.05, 4.69) is 27.9 Å². The van der Waals surface area contributed by atoms with Gasteiger partial charge in [0.05, 0.1) is 6.42 Å². The number of hydrogen-bond acceptors (Lipinski definition) is 1. The topological polar surface area (TPSA) is 29.1 Å². The summed E-state index contributed by atoms with van der Waals surface area (Å²) in [5.74, 6) is -2.14. The van der Waals surface area contributed by atoms with E-state index in [1.165, 1.54) is 12.1 Å². The molecule has 1 rings (SSSR count). The van der Waals surface area contributed by atoms with E-state index in [1.54, 1.807) is 0 Å². The number of carbonyl (C=O) groups excluding carboxylic acids is 1. The van der Waals surface area contributed by atoms with Crippen molar-refractivity contribution in [2.75, 3.05) is 11.0 Å². The molecule has 0 aliphatic rings. The van der Waals surface area contributed by atoms with E-state index >= 15 is 0 Å². The summed E-state index contributed by atoms with van der Waals surface area (Å²) in [6.07, 6.45) is 0.753. The van der Waals surface area contributed by atoms with E-state index < -0.39 is 11.6 Å². The van der Waals surface area contributed by atoms with Gasteiger partial charge in [0.2, 0.25) is 5.91 Å². The molecule has 88 valence electrons. The maximum atomic E-state index is 13.2. The van der Waals surface area contributed by atoms with Crippen molar-refractivity contribution in [3.05, 3.63) is 35.4 Å². The van der Waals surface area contributed by atoms with Crippen LogP contribution >= 0.6 is 22.6 Å². The van der Waals surface area contributed by atoms with Crippen molar-refractivity contribution < 1.29 is 13.6 Å². The molecule has 0 unspecified atom stereocenters. The first-order valence-corrected chi connectivity index (χ1v) is 6.43. The van der Waals surface area contributed by atoms with E-state index in [-0.39, 0.29) is 17.9 Å². The first-order chi connectivity index (χ1) is 7.65. The predicted molar refractivity (Wildman–Crippen MR) is 66.6 cm³/mol. The molecule has 1 aromatic carbocycles. The second kappa shape index (κ2) is 6.78. The number of benzene rings is 1. The third-order valence-corrected chi connectivity index (χ3v) is 2.78. The van der Waals surface area contributed by atoms with Crippen LogP contribution in [-0.2, 0) is 11.2 Å². The Morgan fingerprint density at radius 2 is 2.12 bits per heavy atom. The van der Waals surface area contributed by atoms with Gasteiger partial charge in [-0.2, -0.15) is 0 Å². The van der Waals surface area contributed by atoms with Gasteiger partial charge in [-0.3, -0.25) is 4.79 Å². The molecule has 0 aromatic heterocycles. The molecule has 0 saturated heterocycles. The van der Waals surface area contributed by atoms with Crippen LogP contribution in [0.15, 0.2) is 18.2 Å². The lowest BCUT2D eigenvalue weighted by Gasteiger charge is -2.05. The van der Waals surface area contributed by atoms with E-state index in [9.17, 15) is 13.6 Å². The Balaban J connectivity index is 2.53. The van der Waals surface area contributed by atoms with Gasteiger partial charge >= 0.3 is 0 Å². The molecule has 1 N–H and O–H groups in total. The fraction of sp³-hybridized carbons (Fsp3) is 0.364. The van der Waals surface area contributed by atoms with Crippen LogP contribution in [0.5, 0.6) is 0 Å². The highest BCUT2D eigenvalue weighted by Gasteiger charge is 2.10. The summed E-state index contributed by atoms with van der Waals surface area (Å²) in [5, 5.41) is 2.65. The zero-order valence-corrected chi connectivity index (χ0v) is 10.8. The van der Waals surface area contributed by atoms with Gasteiger partial charge in [0, 0.05) is 16.5 Å². The molecule has 1 amide bonds. The number of alkyl halides is 1. The molecule has 2 nitrogen and oxygen atoms in total. The van der Waals surface area contributed by atoms with Crippen LogP contribution in [0.25, 0.3) is 0 Å². The number of carbonyl (C=O) groups is 1. The Morgan fingerprint density at radius 1 is 1.38 bits per heavy atom. The summed E-state index contributed by atoms with van der Waals surface area (Å²) in [4.78, 5) is 11.3. The predicted octanol–water partition coefficient (Wildman–Crippen LogP) is 2.45. The van der Waals surface area contributed by atoms with E-state index in [1.807, 2.05) is 0 Å². The number of amides is 1. The average Bonchev–Trinajstić information content (AvgIpc) is 2.25. The first kappa shape index (κ1) is 13.3. The van der Waals surface area contributed by atoms with Gasteiger partial charge in [0.15, 0.2) is 11.6 Å². The van der Waals surface area contributed by atoms with Crippen molar-refractivity contribution in [1.29, 1.82) is 0 Å². The molecular formula is C11H12F2INO. The number of hydrogen-bond donors (Lipinski definition) is 1. The molecule has 0 aliphatic heterocycles. The minimum atomic E-state index is -0.938. The van der Waals surface area contributed by atoms with Crippen LogP contribution in [0.3, 0.4) is 0 Å². The summed E-state index contributed by atoms with van der Waals surface area (Å²) in [6.45, 7) is 0.568. The van der Waals surface area contributed by atoms with Crippen LogP contribution in [-0.4, -0.2) is 16.9 Å². The molecule has 0 saturated carbocycles. The largest absolute Gasteiger partial charge is 0.356 e. The van der Waals surface area contributed by atoms with Gasteiger partial charge in [0.1, 0.15) is 0 Å². The lowest BCUT2D eigenvalue weighted by atomic mass is 10.1. The fourth-order valence-corrected chi connectivity index (χ4v) is 1.60. The second-order valence-corrected chi connectivity index (χ2v) is 4.36. The summed E-state index contributed by atoms with van der Waals surface area (Å²) >= 11 is 2.21. The summed E-state index contributed by atoms with van der Waals surface area (Å²) in [6, 6.07) is 3.84. The average molecular weight is 339 g/mol. The third-order valence-electron chi connectivity index (χ3n) is 2.02. The molecule has 0 bridgehead atoms. The molecule has 0 radical (unpaired) electrons. The zero-order valence-electron chi connectivity index (χ0n) is 8.60. The number of nitrogens with one attached hydrogen (secondary N) is 1. The van der Waals surface area contributed by atoms with Crippen molar-refractivity contribution in [2.45, 2.75) is 12.8 Å². The zero-order chi connectivity index (χ0) is 12.0. The van der Waals surface area contributed by atoms with Crippen molar-refractivity contribution in [2.24, 2.45) is 0 Å². The van der Waals surface area contributed by atoms with Crippen molar-refractivity contribution in [1.82, 2.24) is 5.32 Å². The minimum absolute atomic E-state index is 0.0898. The van der Waals surface area contributed by atoms with E-state index in [0.717, 1.165) is 16.9 Å². The Kier molecular flexibility index (Phi) is 5.65. The molecule has 5 heteroatoms. The van der Waals surface area contributed by atoms with Gasteiger partial charge < -0.3 is 5.32 Å². The van der Waals surface area contributed by atoms with Crippen LogP contribution in [0.2, 0.25) is 0 Å². The van der Waals surface area contributed by atoms with E-state index in [0.29, 0.717) is 6.54 Å². The standard InChI is InChI=1S/C11H12F2INO/c12-9-4-1-3-8(11(9)13)7-10(16)15-6-2-5-14/h1,3-4H,2,5-7H2,(H,15,16). The molecule has 0 heterocycles. The maximum absolute atomic E-state index is 13.2. The Bertz CT molecular complexity index is 371. The van der Waals surface area contributed by atoms with Gasteiger partial charge in [0.25, 0.3) is 0 Å². The summed E-state index contributed by atoms with van der Waals surface area (Å²) < 4.78 is 27.0. The second-order valence-electron chi connectivity index (χ2n) is 3.28. The SMILES string of the molecule is O=C(Cc1cccc(F)c1F)NCCCI. The highest BCUT2D eigenvalue weighted by atomic mass is 127. The molecule has 0 aliphatic carbocycles. The Labute approximate surface area is 107 Å². The van der Waals surface area contributed by atoms with Crippen LogP contribution in [0, 0.1) is 11.6 Å². The van der Waals surface area contributed by atoms with Crippen LogP contribution in [0.4, 0.5) is 8.78 Å². The fourth-order valence-electron chi connectivity index (χ4n) is 1.22. The first-order valence-electron chi connectivity index (χ1n) is 4.90. The van der Waals surface area contributed by atoms with Crippen molar-refractivity contribution >= 4 is 28.5 Å². The van der Waals surface area contributed by atoms with Crippen LogP contribution < -0.4 is 5.32 Å². The molecular weight excluding hydrogens is 327 g/mol. The van der Waals surface area contributed by atoms with Gasteiger partial charge in [-0.25, -0.2) is 8.78 Å².